The van der Waals surface area contributed by atoms with E-state index in [1.54, 1.807) is 7.11 Å². The molecular formula is C13H16ClN3OS. The molecule has 2 unspecified atom stereocenters. The van der Waals surface area contributed by atoms with Crippen LogP contribution in [0.2, 0.25) is 0 Å². The quantitative estimate of drug-likeness (QED) is 0.827. The molecule has 4 nitrogen and oxygen atoms in total. The number of alkyl halides is 1. The van der Waals surface area contributed by atoms with Crippen LogP contribution in [0.4, 0.5) is 5.13 Å². The van der Waals surface area contributed by atoms with E-state index in [1.807, 2.05) is 37.3 Å². The Kier molecular flexibility index (Phi) is 5.13. The van der Waals surface area contributed by atoms with Crippen LogP contribution in [0.3, 0.4) is 0 Å². The third-order valence-corrected chi connectivity index (χ3v) is 3.85. The number of nitrogens with one attached hydrogen (secondary N) is 1. The first kappa shape index (κ1) is 14.2. The molecule has 1 heterocycles. The summed E-state index contributed by atoms with van der Waals surface area (Å²) in [7, 11) is 1.64. The van der Waals surface area contributed by atoms with E-state index in [9.17, 15) is 0 Å². The molecule has 0 aliphatic rings. The van der Waals surface area contributed by atoms with Gasteiger partial charge in [-0.3, -0.25) is 0 Å². The highest BCUT2D eigenvalue weighted by Gasteiger charge is 2.12. The normalized spacial score (nSPS) is 14.1. The van der Waals surface area contributed by atoms with Gasteiger partial charge in [-0.2, -0.15) is 4.37 Å². The summed E-state index contributed by atoms with van der Waals surface area (Å²) in [5, 5.41) is 3.87. The molecule has 2 aromatic rings. The van der Waals surface area contributed by atoms with Crippen LogP contribution in [-0.4, -0.2) is 23.0 Å². The van der Waals surface area contributed by atoms with Crippen molar-refractivity contribution in [2.45, 2.75) is 18.4 Å². The Hall–Kier alpha value is -1.17. The van der Waals surface area contributed by atoms with E-state index in [2.05, 4.69) is 14.7 Å². The monoisotopic (exact) mass is 297 g/mol. The first-order valence-corrected chi connectivity index (χ1v) is 7.21. The first-order valence-electron chi connectivity index (χ1n) is 6.00. The van der Waals surface area contributed by atoms with E-state index >= 15 is 0 Å². The summed E-state index contributed by atoms with van der Waals surface area (Å²) in [6.07, 6.45) is -0.0901. The van der Waals surface area contributed by atoms with Gasteiger partial charge in [0.05, 0.1) is 5.38 Å². The number of aromatic nitrogens is 2. The second-order valence-corrected chi connectivity index (χ2v) is 5.37. The zero-order valence-electron chi connectivity index (χ0n) is 10.8. The summed E-state index contributed by atoms with van der Waals surface area (Å²) < 4.78 is 9.41. The third-order valence-electron chi connectivity index (χ3n) is 2.75. The molecule has 2 atom stereocenters. The van der Waals surface area contributed by atoms with Gasteiger partial charge in [0, 0.05) is 25.2 Å². The van der Waals surface area contributed by atoms with Crippen LogP contribution in [0.1, 0.15) is 29.8 Å². The van der Waals surface area contributed by atoms with Crippen LogP contribution in [0.25, 0.3) is 0 Å². The van der Waals surface area contributed by atoms with Crippen LogP contribution in [0.15, 0.2) is 30.3 Å². The maximum Gasteiger partial charge on any atom is 0.202 e. The van der Waals surface area contributed by atoms with Gasteiger partial charge in [-0.05, 0) is 12.5 Å². The van der Waals surface area contributed by atoms with Crippen molar-refractivity contribution in [2.24, 2.45) is 0 Å². The zero-order valence-corrected chi connectivity index (χ0v) is 12.4. The van der Waals surface area contributed by atoms with Crippen LogP contribution in [0.5, 0.6) is 0 Å². The molecule has 1 N–H and O–H groups in total. The number of nitrogens with zero attached hydrogens (tertiary/aromatic N) is 2. The fourth-order valence-electron chi connectivity index (χ4n) is 1.53. The Balaban J connectivity index is 1.90. The SMILES string of the molecule is COC(C)c1nsc(NCC(Cl)c2ccccc2)n1. The predicted octanol–water partition coefficient (Wildman–Crippen LogP) is 3.64. The molecule has 0 spiro atoms. The van der Waals surface area contributed by atoms with Gasteiger partial charge < -0.3 is 10.1 Å². The van der Waals surface area contributed by atoms with Crippen LogP contribution >= 0.6 is 23.1 Å². The molecule has 1 aromatic heterocycles. The van der Waals surface area contributed by atoms with Crippen molar-refractivity contribution in [2.75, 3.05) is 19.0 Å². The van der Waals surface area contributed by atoms with Crippen molar-refractivity contribution in [1.29, 1.82) is 0 Å². The number of hydrogen-bond donors (Lipinski definition) is 1. The zero-order chi connectivity index (χ0) is 13.7. The van der Waals surface area contributed by atoms with E-state index in [1.165, 1.54) is 11.5 Å². The number of methoxy groups -OCH3 is 1. The molecule has 2 rings (SSSR count). The lowest BCUT2D eigenvalue weighted by molar-refractivity contribution is 0.113. The maximum atomic E-state index is 6.32. The lowest BCUT2D eigenvalue weighted by Gasteiger charge is -2.09. The van der Waals surface area contributed by atoms with E-state index in [0.29, 0.717) is 12.4 Å². The number of rotatable bonds is 6. The third kappa shape index (κ3) is 3.89. The van der Waals surface area contributed by atoms with Gasteiger partial charge in [-0.25, -0.2) is 4.98 Å². The molecule has 102 valence electrons. The molecule has 1 aromatic carbocycles. The Morgan fingerprint density at radius 1 is 1.37 bits per heavy atom. The Labute approximate surface area is 122 Å². The Morgan fingerprint density at radius 2 is 2.11 bits per heavy atom. The largest absolute Gasteiger partial charge is 0.374 e. The van der Waals surface area contributed by atoms with Gasteiger partial charge in [-0.1, -0.05) is 30.3 Å². The second kappa shape index (κ2) is 6.84. The number of anilines is 1. The van der Waals surface area contributed by atoms with Gasteiger partial charge in [-0.15, -0.1) is 11.6 Å². The van der Waals surface area contributed by atoms with E-state index in [-0.39, 0.29) is 11.5 Å². The molecule has 0 saturated carbocycles. The topological polar surface area (TPSA) is 47.0 Å². The van der Waals surface area contributed by atoms with E-state index in [4.69, 9.17) is 16.3 Å². The summed E-state index contributed by atoms with van der Waals surface area (Å²) in [6.45, 7) is 2.53. The van der Waals surface area contributed by atoms with Gasteiger partial charge in [0.1, 0.15) is 6.10 Å². The molecule has 0 aliphatic carbocycles. The highest BCUT2D eigenvalue weighted by atomic mass is 35.5. The van der Waals surface area contributed by atoms with E-state index < -0.39 is 0 Å². The molecule has 0 radical (unpaired) electrons. The molecule has 0 amide bonds. The second-order valence-electron chi connectivity index (χ2n) is 4.09. The van der Waals surface area contributed by atoms with Gasteiger partial charge in [0.25, 0.3) is 0 Å². The van der Waals surface area contributed by atoms with Crippen molar-refractivity contribution in [3.05, 3.63) is 41.7 Å². The lowest BCUT2D eigenvalue weighted by Crippen LogP contribution is -2.08. The van der Waals surface area contributed by atoms with Gasteiger partial charge in [0.2, 0.25) is 5.13 Å². The fourth-order valence-corrected chi connectivity index (χ4v) is 2.41. The number of benzene rings is 1. The van der Waals surface area contributed by atoms with E-state index in [0.717, 1.165) is 10.7 Å². The van der Waals surface area contributed by atoms with Crippen molar-refractivity contribution >= 4 is 28.3 Å². The first-order chi connectivity index (χ1) is 9.20. The molecule has 6 heteroatoms. The minimum Gasteiger partial charge on any atom is -0.374 e. The lowest BCUT2D eigenvalue weighted by atomic mass is 10.1. The Morgan fingerprint density at radius 3 is 2.79 bits per heavy atom. The molecule has 0 aliphatic heterocycles. The van der Waals surface area contributed by atoms with Crippen LogP contribution < -0.4 is 5.32 Å². The molecule has 19 heavy (non-hydrogen) atoms. The molecule has 0 saturated heterocycles. The average Bonchev–Trinajstić information content (AvgIpc) is 2.93. The van der Waals surface area contributed by atoms with Crippen LogP contribution in [-0.2, 0) is 4.74 Å². The highest BCUT2D eigenvalue weighted by molar-refractivity contribution is 7.09. The van der Waals surface area contributed by atoms with Crippen molar-refractivity contribution in [3.8, 4) is 0 Å². The summed E-state index contributed by atoms with van der Waals surface area (Å²) in [4.78, 5) is 4.36. The minimum absolute atomic E-state index is 0.0894. The fraction of sp³-hybridized carbons (Fsp3) is 0.385. The smallest absolute Gasteiger partial charge is 0.202 e. The number of hydrogen-bond acceptors (Lipinski definition) is 5. The van der Waals surface area contributed by atoms with Crippen molar-refractivity contribution in [3.63, 3.8) is 0 Å². The predicted molar refractivity (Wildman–Crippen MR) is 78.9 cm³/mol. The maximum absolute atomic E-state index is 6.32. The number of ether oxygens (including phenoxy) is 1. The van der Waals surface area contributed by atoms with Crippen LogP contribution in [0, 0.1) is 0 Å². The average molecular weight is 298 g/mol. The summed E-state index contributed by atoms with van der Waals surface area (Å²) in [6, 6.07) is 9.96. The standard InChI is InChI=1S/C13H16ClN3OS/c1-9(18-2)12-16-13(19-17-12)15-8-11(14)10-6-4-3-5-7-10/h3-7,9,11H,8H2,1-2H3,(H,15,16,17). The van der Waals surface area contributed by atoms with Gasteiger partial charge >= 0.3 is 0 Å². The molecule has 0 fully saturated rings. The Bertz CT molecular complexity index is 506. The summed E-state index contributed by atoms with van der Waals surface area (Å²) in [5.41, 5.74) is 1.09. The molecular weight excluding hydrogens is 282 g/mol. The number of halogens is 1. The highest BCUT2D eigenvalue weighted by Crippen LogP contribution is 2.22. The minimum atomic E-state index is -0.0901. The summed E-state index contributed by atoms with van der Waals surface area (Å²) >= 11 is 7.64. The van der Waals surface area contributed by atoms with Gasteiger partial charge in [0.15, 0.2) is 5.82 Å². The van der Waals surface area contributed by atoms with Crippen molar-refractivity contribution in [1.82, 2.24) is 9.36 Å². The van der Waals surface area contributed by atoms with Crippen molar-refractivity contribution < 1.29 is 4.74 Å². The molecule has 0 bridgehead atoms. The summed E-state index contributed by atoms with van der Waals surface area (Å²) in [5.74, 6) is 0.695.